The molecule has 0 aliphatic rings. The molecule has 5 heteroatoms. The zero-order valence-electron chi connectivity index (χ0n) is 13.1. The van der Waals surface area contributed by atoms with Gasteiger partial charge in [0.25, 0.3) is 5.91 Å². The summed E-state index contributed by atoms with van der Waals surface area (Å²) in [7, 11) is 1.54. The standard InChI is InChI=1S/C18H16ClNO3/c1-10-4-6-15-13(8-10)11(2)17(23-15)18(21)20-14-9-12(19)5-7-16(14)22-3/h4-9H,1-3H3,(H,20,21). The molecular weight excluding hydrogens is 314 g/mol. The third-order valence-corrected chi connectivity index (χ3v) is 3.94. The monoisotopic (exact) mass is 329 g/mol. The van der Waals surface area contributed by atoms with Crippen molar-refractivity contribution >= 4 is 34.2 Å². The predicted octanol–water partition coefficient (Wildman–Crippen LogP) is 4.96. The summed E-state index contributed by atoms with van der Waals surface area (Å²) in [5, 5.41) is 4.24. The molecule has 0 radical (unpaired) electrons. The number of fused-ring (bicyclic) bond motifs is 1. The highest BCUT2D eigenvalue weighted by Crippen LogP contribution is 2.30. The Kier molecular flexibility index (Phi) is 4.01. The van der Waals surface area contributed by atoms with E-state index in [1.807, 2.05) is 32.0 Å². The normalized spacial score (nSPS) is 10.8. The molecule has 0 saturated heterocycles. The topological polar surface area (TPSA) is 51.5 Å². The van der Waals surface area contributed by atoms with Crippen molar-refractivity contribution in [1.29, 1.82) is 0 Å². The van der Waals surface area contributed by atoms with E-state index in [1.54, 1.807) is 18.2 Å². The highest BCUT2D eigenvalue weighted by Gasteiger charge is 2.19. The Balaban J connectivity index is 1.98. The molecule has 0 fully saturated rings. The Morgan fingerprint density at radius 2 is 1.96 bits per heavy atom. The number of halogens is 1. The Bertz CT molecular complexity index is 899. The molecule has 23 heavy (non-hydrogen) atoms. The van der Waals surface area contributed by atoms with Gasteiger partial charge in [0.2, 0.25) is 0 Å². The van der Waals surface area contributed by atoms with Gasteiger partial charge in [-0.2, -0.15) is 0 Å². The lowest BCUT2D eigenvalue weighted by Gasteiger charge is -2.09. The van der Waals surface area contributed by atoms with E-state index < -0.39 is 0 Å². The van der Waals surface area contributed by atoms with Crippen LogP contribution in [0.5, 0.6) is 5.75 Å². The second-order valence-corrected chi connectivity index (χ2v) is 5.79. The summed E-state index contributed by atoms with van der Waals surface area (Å²) in [5.41, 5.74) is 3.12. The van der Waals surface area contributed by atoms with Gasteiger partial charge in [0, 0.05) is 16.0 Å². The van der Waals surface area contributed by atoms with E-state index in [0.717, 1.165) is 16.5 Å². The summed E-state index contributed by atoms with van der Waals surface area (Å²) < 4.78 is 10.9. The highest BCUT2D eigenvalue weighted by molar-refractivity contribution is 6.31. The number of anilines is 1. The first-order valence-electron chi connectivity index (χ1n) is 7.14. The van der Waals surface area contributed by atoms with Gasteiger partial charge in [-0.05, 0) is 44.2 Å². The van der Waals surface area contributed by atoms with Crippen LogP contribution in [0.3, 0.4) is 0 Å². The van der Waals surface area contributed by atoms with Gasteiger partial charge < -0.3 is 14.5 Å². The number of furan rings is 1. The van der Waals surface area contributed by atoms with Crippen molar-refractivity contribution in [3.8, 4) is 5.75 Å². The van der Waals surface area contributed by atoms with E-state index in [9.17, 15) is 4.79 Å². The van der Waals surface area contributed by atoms with Crippen molar-refractivity contribution in [2.75, 3.05) is 12.4 Å². The van der Waals surface area contributed by atoms with Crippen LogP contribution in [0.25, 0.3) is 11.0 Å². The van der Waals surface area contributed by atoms with Gasteiger partial charge in [-0.15, -0.1) is 0 Å². The van der Waals surface area contributed by atoms with E-state index >= 15 is 0 Å². The molecule has 1 heterocycles. The minimum absolute atomic E-state index is 0.285. The molecule has 1 amide bonds. The summed E-state index contributed by atoms with van der Waals surface area (Å²) in [5.74, 6) is 0.483. The lowest BCUT2D eigenvalue weighted by atomic mass is 10.1. The number of hydrogen-bond acceptors (Lipinski definition) is 3. The quantitative estimate of drug-likeness (QED) is 0.738. The molecule has 1 N–H and O–H groups in total. The molecule has 0 spiro atoms. The van der Waals surface area contributed by atoms with Gasteiger partial charge in [0.1, 0.15) is 11.3 Å². The minimum Gasteiger partial charge on any atom is -0.495 e. The van der Waals surface area contributed by atoms with Crippen molar-refractivity contribution in [2.24, 2.45) is 0 Å². The van der Waals surface area contributed by atoms with Crippen LogP contribution in [0.2, 0.25) is 5.02 Å². The fraction of sp³-hybridized carbons (Fsp3) is 0.167. The molecule has 1 aromatic heterocycles. The van der Waals surface area contributed by atoms with Gasteiger partial charge in [-0.1, -0.05) is 23.2 Å². The predicted molar refractivity (Wildman–Crippen MR) is 91.6 cm³/mol. The third-order valence-electron chi connectivity index (χ3n) is 3.71. The number of methoxy groups -OCH3 is 1. The Hall–Kier alpha value is -2.46. The van der Waals surface area contributed by atoms with Crippen molar-refractivity contribution in [3.63, 3.8) is 0 Å². The zero-order chi connectivity index (χ0) is 16.6. The first kappa shape index (κ1) is 15.4. The third kappa shape index (κ3) is 2.90. The fourth-order valence-corrected chi connectivity index (χ4v) is 2.68. The largest absolute Gasteiger partial charge is 0.495 e. The van der Waals surface area contributed by atoms with Crippen LogP contribution < -0.4 is 10.1 Å². The van der Waals surface area contributed by atoms with Crippen molar-refractivity contribution in [2.45, 2.75) is 13.8 Å². The van der Waals surface area contributed by atoms with Crippen LogP contribution in [0.4, 0.5) is 5.69 Å². The average molecular weight is 330 g/mol. The van der Waals surface area contributed by atoms with Gasteiger partial charge >= 0.3 is 0 Å². The summed E-state index contributed by atoms with van der Waals surface area (Å²) in [6.45, 7) is 3.87. The molecule has 0 saturated carbocycles. The molecule has 0 unspecified atom stereocenters. The number of amides is 1. The van der Waals surface area contributed by atoms with Crippen LogP contribution in [0, 0.1) is 13.8 Å². The summed E-state index contributed by atoms with van der Waals surface area (Å²) in [6.07, 6.45) is 0. The van der Waals surface area contributed by atoms with Crippen molar-refractivity contribution in [3.05, 3.63) is 58.3 Å². The Labute approximate surface area is 139 Å². The van der Waals surface area contributed by atoms with Crippen LogP contribution >= 0.6 is 11.6 Å². The maximum atomic E-state index is 12.6. The number of carbonyl (C=O) groups excluding carboxylic acids is 1. The number of carbonyl (C=O) groups is 1. The van der Waals surface area contributed by atoms with Crippen LogP contribution in [-0.2, 0) is 0 Å². The number of hydrogen-bond donors (Lipinski definition) is 1. The lowest BCUT2D eigenvalue weighted by Crippen LogP contribution is -2.12. The molecule has 118 valence electrons. The molecule has 3 aromatic rings. The lowest BCUT2D eigenvalue weighted by molar-refractivity contribution is 0.0997. The maximum Gasteiger partial charge on any atom is 0.291 e. The highest BCUT2D eigenvalue weighted by atomic mass is 35.5. The number of aryl methyl sites for hydroxylation is 2. The summed E-state index contributed by atoms with van der Waals surface area (Å²) >= 11 is 5.99. The van der Waals surface area contributed by atoms with Crippen molar-refractivity contribution < 1.29 is 13.9 Å². The smallest absolute Gasteiger partial charge is 0.291 e. The molecular formula is C18H16ClNO3. The number of nitrogens with one attached hydrogen (secondary N) is 1. The van der Waals surface area contributed by atoms with Crippen molar-refractivity contribution in [1.82, 2.24) is 0 Å². The first-order valence-corrected chi connectivity index (χ1v) is 7.52. The van der Waals surface area contributed by atoms with Crippen LogP contribution in [-0.4, -0.2) is 13.0 Å². The molecule has 0 aliphatic heterocycles. The molecule has 2 aromatic carbocycles. The zero-order valence-corrected chi connectivity index (χ0v) is 13.8. The van der Waals surface area contributed by atoms with E-state index in [2.05, 4.69) is 5.32 Å². The van der Waals surface area contributed by atoms with Gasteiger partial charge in [0.15, 0.2) is 5.76 Å². The molecule has 0 bridgehead atoms. The van der Waals surface area contributed by atoms with Gasteiger partial charge in [-0.3, -0.25) is 4.79 Å². The number of ether oxygens (including phenoxy) is 1. The van der Waals surface area contributed by atoms with E-state index in [0.29, 0.717) is 22.0 Å². The Morgan fingerprint density at radius 3 is 2.70 bits per heavy atom. The number of benzene rings is 2. The van der Waals surface area contributed by atoms with E-state index in [-0.39, 0.29) is 11.7 Å². The second-order valence-electron chi connectivity index (χ2n) is 5.35. The SMILES string of the molecule is COc1ccc(Cl)cc1NC(=O)c1oc2ccc(C)cc2c1C. The number of rotatable bonds is 3. The van der Waals surface area contributed by atoms with E-state index in [4.69, 9.17) is 20.8 Å². The molecule has 3 rings (SSSR count). The minimum atomic E-state index is -0.336. The first-order chi connectivity index (χ1) is 11.0. The van der Waals surface area contributed by atoms with Gasteiger partial charge in [-0.25, -0.2) is 0 Å². The van der Waals surface area contributed by atoms with Gasteiger partial charge in [0.05, 0.1) is 12.8 Å². The summed E-state index contributed by atoms with van der Waals surface area (Å²) in [6, 6.07) is 10.9. The second kappa shape index (κ2) is 5.97. The van der Waals surface area contributed by atoms with E-state index in [1.165, 1.54) is 7.11 Å². The van der Waals surface area contributed by atoms with Crippen LogP contribution in [0.1, 0.15) is 21.7 Å². The maximum absolute atomic E-state index is 12.6. The van der Waals surface area contributed by atoms with Crippen LogP contribution in [0.15, 0.2) is 40.8 Å². The molecule has 0 aliphatic carbocycles. The average Bonchev–Trinajstić information content (AvgIpc) is 2.84. The molecule has 0 atom stereocenters. The summed E-state index contributed by atoms with van der Waals surface area (Å²) in [4.78, 5) is 12.6. The Morgan fingerprint density at radius 1 is 1.17 bits per heavy atom. The fourth-order valence-electron chi connectivity index (χ4n) is 2.51. The molecule has 4 nitrogen and oxygen atoms in total.